The van der Waals surface area contributed by atoms with Crippen molar-refractivity contribution in [1.82, 2.24) is 20.6 Å². The van der Waals surface area contributed by atoms with Crippen molar-refractivity contribution in [1.29, 1.82) is 0 Å². The van der Waals surface area contributed by atoms with E-state index in [4.69, 9.17) is 4.74 Å². The van der Waals surface area contributed by atoms with Gasteiger partial charge in [0.25, 0.3) is 11.8 Å². The van der Waals surface area contributed by atoms with Crippen LogP contribution in [-0.2, 0) is 0 Å². The van der Waals surface area contributed by atoms with Crippen molar-refractivity contribution >= 4 is 33.6 Å². The van der Waals surface area contributed by atoms with Crippen molar-refractivity contribution in [3.63, 3.8) is 0 Å². The van der Waals surface area contributed by atoms with Gasteiger partial charge in [-0.05, 0) is 72.1 Å². The Kier molecular flexibility index (Phi) is 10.0. The Morgan fingerprint density at radius 1 is 0.579 bits per heavy atom. The molecule has 2 aromatic heterocycles. The van der Waals surface area contributed by atoms with Gasteiger partial charge in [-0.2, -0.15) is 0 Å². The summed E-state index contributed by atoms with van der Waals surface area (Å²) in [6.45, 7) is 1.99. The standard InChI is InChI=1S/C48H38N4O5/c1-29-12-14-33(15-13-29)41(37-23-20-31-10-6-26-49-43(31)45(37)53)51-48(56)35-18-16-30(17-19-35)39-28-36(22-25-40(39)57-2)42(52-47(55)34-8-4-3-5-9-34)38-24-21-32-11-7-27-50-44(32)46(38)54/h3-28,41-42,53-54H,1-2H3,(H,51,56)(H,52,55). The van der Waals surface area contributed by atoms with Gasteiger partial charge in [-0.15, -0.1) is 0 Å². The van der Waals surface area contributed by atoms with E-state index in [1.54, 1.807) is 68.0 Å². The number of carbonyl (C=O) groups is 2. The Morgan fingerprint density at radius 3 is 1.67 bits per heavy atom. The molecule has 2 heterocycles. The van der Waals surface area contributed by atoms with E-state index in [0.717, 1.165) is 27.5 Å². The third kappa shape index (κ3) is 7.34. The summed E-state index contributed by atoms with van der Waals surface area (Å²) in [6, 6.07) is 42.7. The number of nitrogens with one attached hydrogen (secondary N) is 2. The van der Waals surface area contributed by atoms with E-state index in [-0.39, 0.29) is 23.3 Å². The number of benzene rings is 6. The summed E-state index contributed by atoms with van der Waals surface area (Å²) in [6.07, 6.45) is 3.25. The Morgan fingerprint density at radius 2 is 1.11 bits per heavy atom. The fourth-order valence-corrected chi connectivity index (χ4v) is 7.15. The minimum atomic E-state index is -0.765. The van der Waals surface area contributed by atoms with Gasteiger partial charge in [-0.3, -0.25) is 19.6 Å². The molecule has 0 saturated heterocycles. The van der Waals surface area contributed by atoms with Gasteiger partial charge in [0.05, 0.1) is 19.2 Å². The summed E-state index contributed by atoms with van der Waals surface area (Å²) in [7, 11) is 1.58. The molecule has 9 heteroatoms. The predicted octanol–water partition coefficient (Wildman–Crippen LogP) is 9.22. The van der Waals surface area contributed by atoms with Crippen LogP contribution in [0, 0.1) is 6.92 Å². The van der Waals surface area contributed by atoms with Crippen LogP contribution in [0.25, 0.3) is 32.9 Å². The van der Waals surface area contributed by atoms with Crippen LogP contribution in [-0.4, -0.2) is 39.1 Å². The molecule has 2 unspecified atom stereocenters. The molecule has 280 valence electrons. The normalized spacial score (nSPS) is 12.2. The van der Waals surface area contributed by atoms with Crippen molar-refractivity contribution in [2.75, 3.05) is 7.11 Å². The molecule has 0 radical (unpaired) electrons. The first kappa shape index (κ1) is 36.5. The first-order chi connectivity index (χ1) is 27.8. The summed E-state index contributed by atoms with van der Waals surface area (Å²) in [5.74, 6) is -0.0962. The second kappa shape index (κ2) is 15.7. The Balaban J connectivity index is 1.13. The minimum absolute atomic E-state index is 0.00725. The zero-order chi connectivity index (χ0) is 39.5. The molecule has 9 nitrogen and oxygen atoms in total. The molecule has 2 amide bonds. The Labute approximate surface area is 329 Å². The van der Waals surface area contributed by atoms with E-state index < -0.39 is 12.1 Å². The summed E-state index contributed by atoms with van der Waals surface area (Å²) >= 11 is 0. The van der Waals surface area contributed by atoms with Crippen LogP contribution in [0.2, 0.25) is 0 Å². The van der Waals surface area contributed by atoms with Crippen molar-refractivity contribution in [3.8, 4) is 28.4 Å². The van der Waals surface area contributed by atoms with Crippen LogP contribution in [0.5, 0.6) is 17.2 Å². The number of ether oxygens (including phenoxy) is 1. The van der Waals surface area contributed by atoms with Crippen molar-refractivity contribution in [3.05, 3.63) is 197 Å². The molecule has 0 spiro atoms. The molecular formula is C48H38N4O5. The molecule has 8 aromatic rings. The topological polar surface area (TPSA) is 134 Å². The summed E-state index contributed by atoms with van der Waals surface area (Å²) in [5.41, 5.74) is 6.80. The molecule has 6 aromatic carbocycles. The molecule has 0 aliphatic rings. The molecule has 0 fully saturated rings. The lowest BCUT2D eigenvalue weighted by Gasteiger charge is -2.23. The lowest BCUT2D eigenvalue weighted by atomic mass is 9.92. The average molecular weight is 751 g/mol. The van der Waals surface area contributed by atoms with Gasteiger partial charge >= 0.3 is 0 Å². The quantitative estimate of drug-likeness (QED) is 0.110. The highest BCUT2D eigenvalue weighted by molar-refractivity contribution is 5.96. The fraction of sp³-hybridized carbons (Fsp3) is 0.0833. The van der Waals surface area contributed by atoms with Crippen LogP contribution < -0.4 is 15.4 Å². The van der Waals surface area contributed by atoms with E-state index in [1.165, 1.54) is 0 Å². The van der Waals surface area contributed by atoms with Crippen molar-refractivity contribution in [2.24, 2.45) is 0 Å². The van der Waals surface area contributed by atoms with E-state index in [0.29, 0.717) is 50.2 Å². The summed E-state index contributed by atoms with van der Waals surface area (Å²) < 4.78 is 5.80. The summed E-state index contributed by atoms with van der Waals surface area (Å²) in [5, 5.41) is 30.7. The lowest BCUT2D eigenvalue weighted by Crippen LogP contribution is -2.29. The highest BCUT2D eigenvalue weighted by atomic mass is 16.5. The number of hydrogen-bond donors (Lipinski definition) is 4. The van der Waals surface area contributed by atoms with Gasteiger partial charge in [0.15, 0.2) is 0 Å². The number of methoxy groups -OCH3 is 1. The van der Waals surface area contributed by atoms with Gasteiger partial charge in [-0.1, -0.05) is 103 Å². The Hall–Kier alpha value is -7.52. The third-order valence-corrected chi connectivity index (χ3v) is 10.2. The number of pyridine rings is 2. The highest BCUT2D eigenvalue weighted by Gasteiger charge is 2.25. The van der Waals surface area contributed by atoms with Gasteiger partial charge in [-0.25, -0.2) is 0 Å². The monoisotopic (exact) mass is 750 g/mol. The van der Waals surface area contributed by atoms with Gasteiger partial charge in [0.2, 0.25) is 0 Å². The van der Waals surface area contributed by atoms with Crippen LogP contribution in [0.15, 0.2) is 158 Å². The predicted molar refractivity (Wildman–Crippen MR) is 221 cm³/mol. The van der Waals surface area contributed by atoms with E-state index in [2.05, 4.69) is 20.6 Å². The largest absolute Gasteiger partial charge is 0.505 e. The number of amides is 2. The fourth-order valence-electron chi connectivity index (χ4n) is 7.15. The number of phenolic OH excluding ortho intramolecular Hbond substituents is 2. The lowest BCUT2D eigenvalue weighted by molar-refractivity contribution is 0.0934. The third-order valence-electron chi connectivity index (χ3n) is 10.2. The number of fused-ring (bicyclic) bond motifs is 2. The first-order valence-electron chi connectivity index (χ1n) is 18.4. The first-order valence-corrected chi connectivity index (χ1v) is 18.4. The molecule has 0 aliphatic carbocycles. The average Bonchev–Trinajstić information content (AvgIpc) is 3.26. The molecule has 0 saturated carbocycles. The summed E-state index contributed by atoms with van der Waals surface area (Å²) in [4.78, 5) is 36.4. The minimum Gasteiger partial charge on any atom is -0.505 e. The smallest absolute Gasteiger partial charge is 0.252 e. The zero-order valence-electron chi connectivity index (χ0n) is 31.2. The molecule has 8 rings (SSSR count). The van der Waals surface area contributed by atoms with Gasteiger partial charge in [0, 0.05) is 51.0 Å². The van der Waals surface area contributed by atoms with Crippen LogP contribution in [0.3, 0.4) is 0 Å². The number of phenols is 2. The number of rotatable bonds is 10. The van der Waals surface area contributed by atoms with Crippen molar-refractivity contribution < 1.29 is 24.5 Å². The van der Waals surface area contributed by atoms with Gasteiger partial charge < -0.3 is 25.6 Å². The van der Waals surface area contributed by atoms with Crippen LogP contribution in [0.1, 0.15) is 60.6 Å². The van der Waals surface area contributed by atoms with E-state index >= 15 is 0 Å². The molecule has 4 N–H and O–H groups in total. The number of carbonyl (C=O) groups excluding carboxylic acids is 2. The van der Waals surface area contributed by atoms with E-state index in [9.17, 15) is 19.8 Å². The number of aromatic hydroxyl groups is 2. The molecule has 57 heavy (non-hydrogen) atoms. The number of nitrogens with zero attached hydrogens (tertiary/aromatic N) is 2. The van der Waals surface area contributed by atoms with Gasteiger partial charge in [0.1, 0.15) is 28.3 Å². The molecule has 2 atom stereocenters. The number of hydrogen-bond acceptors (Lipinski definition) is 7. The maximum Gasteiger partial charge on any atom is 0.252 e. The maximum absolute atomic E-state index is 14.0. The Bertz CT molecular complexity index is 2750. The number of aromatic nitrogens is 2. The second-order valence-electron chi connectivity index (χ2n) is 13.8. The molecular weight excluding hydrogens is 713 g/mol. The number of aryl methyl sites for hydroxylation is 1. The molecule has 0 aliphatic heterocycles. The van der Waals surface area contributed by atoms with Crippen LogP contribution in [0.4, 0.5) is 0 Å². The van der Waals surface area contributed by atoms with E-state index in [1.807, 2.05) is 104 Å². The zero-order valence-corrected chi connectivity index (χ0v) is 31.2. The highest BCUT2D eigenvalue weighted by Crippen LogP contribution is 2.39. The maximum atomic E-state index is 14.0. The van der Waals surface area contributed by atoms with Crippen molar-refractivity contribution in [2.45, 2.75) is 19.0 Å². The molecule has 0 bridgehead atoms. The SMILES string of the molecule is COc1ccc(C(NC(=O)c2ccccc2)c2ccc3cccnc3c2O)cc1-c1ccc(C(=O)NC(c2ccc(C)cc2)c2ccc3cccnc3c2O)cc1. The second-order valence-corrected chi connectivity index (χ2v) is 13.8. The van der Waals surface area contributed by atoms with Crippen LogP contribution >= 0.6 is 0 Å².